The Morgan fingerprint density at radius 1 is 0.700 bits per heavy atom. The van der Waals surface area contributed by atoms with Crippen LogP contribution in [0.3, 0.4) is 0 Å². The average molecular weight is 713 g/mol. The smallest absolute Gasteiger partial charge is 0.201 e. The molecule has 0 fully saturated rings. The van der Waals surface area contributed by atoms with Crippen LogP contribution in [0, 0.1) is 0 Å². The lowest BCUT2D eigenvalue weighted by Crippen LogP contribution is -2.39. The van der Waals surface area contributed by atoms with Gasteiger partial charge < -0.3 is 24.1 Å². The molecule has 0 bridgehead atoms. The first-order valence-electron chi connectivity index (χ1n) is 16.6. The summed E-state index contributed by atoms with van der Waals surface area (Å²) in [4.78, 5) is 38.7. The molecule has 1 unspecified atom stereocenters. The van der Waals surface area contributed by atoms with Crippen molar-refractivity contribution in [2.75, 3.05) is 19.8 Å². The maximum Gasteiger partial charge on any atom is 0.201 e. The van der Waals surface area contributed by atoms with Gasteiger partial charge in [-0.15, -0.1) is 22.7 Å². The van der Waals surface area contributed by atoms with Crippen LogP contribution in [0.5, 0.6) is 11.5 Å². The molecule has 8 nitrogen and oxygen atoms in total. The monoisotopic (exact) mass is 712 g/mol. The molecule has 0 radical (unpaired) electrons. The second kappa shape index (κ2) is 15.0. The van der Waals surface area contributed by atoms with Crippen LogP contribution >= 0.6 is 22.7 Å². The number of rotatable bonds is 15. The first-order valence-corrected chi connectivity index (χ1v) is 18.2. The molecule has 0 aliphatic rings. The van der Waals surface area contributed by atoms with E-state index in [2.05, 4.69) is 0 Å². The van der Waals surface area contributed by atoms with Crippen molar-refractivity contribution in [3.63, 3.8) is 0 Å². The predicted octanol–water partition coefficient (Wildman–Crippen LogP) is 8.25. The van der Waals surface area contributed by atoms with Gasteiger partial charge in [-0.05, 0) is 108 Å². The summed E-state index contributed by atoms with van der Waals surface area (Å²) in [6.45, 7) is 7.45. The molecule has 260 valence electrons. The van der Waals surface area contributed by atoms with Crippen LogP contribution in [0.4, 0.5) is 0 Å². The van der Waals surface area contributed by atoms with Crippen LogP contribution in [-0.2, 0) is 14.3 Å². The Hall–Kier alpha value is -4.19. The van der Waals surface area contributed by atoms with Crippen molar-refractivity contribution < 1.29 is 28.8 Å². The van der Waals surface area contributed by atoms with Gasteiger partial charge in [-0.25, -0.2) is 0 Å². The molecule has 1 N–H and O–H groups in total. The summed E-state index contributed by atoms with van der Waals surface area (Å²) >= 11 is 3.04. The quantitative estimate of drug-likeness (QED) is 0.0645. The molecule has 2 heterocycles. The zero-order chi connectivity index (χ0) is 35.5. The predicted molar refractivity (Wildman–Crippen MR) is 202 cm³/mol. The zero-order valence-electron chi connectivity index (χ0n) is 28.5. The fourth-order valence-electron chi connectivity index (χ4n) is 5.75. The van der Waals surface area contributed by atoms with E-state index in [0.29, 0.717) is 52.5 Å². The van der Waals surface area contributed by atoms with E-state index < -0.39 is 17.5 Å². The molecule has 0 amide bonds. The van der Waals surface area contributed by atoms with Gasteiger partial charge >= 0.3 is 0 Å². The lowest BCUT2D eigenvalue weighted by molar-refractivity contribution is -0.187. The molecule has 50 heavy (non-hydrogen) atoms. The molecule has 0 saturated carbocycles. The molecular weight excluding hydrogens is 673 g/mol. The highest BCUT2D eigenvalue weighted by Crippen LogP contribution is 2.30. The van der Waals surface area contributed by atoms with Gasteiger partial charge in [-0.1, -0.05) is 24.3 Å². The summed E-state index contributed by atoms with van der Waals surface area (Å²) in [6.07, 6.45) is 0.968. The summed E-state index contributed by atoms with van der Waals surface area (Å²) in [6, 6.07) is 25.6. The molecule has 6 aromatic rings. The number of Topliss-reactive ketones (excluding diaryl/α,β-unsaturated/α-hetero) is 1. The number of carbonyl (C=O) groups is 1. The van der Waals surface area contributed by atoms with Crippen LogP contribution in [0.2, 0.25) is 0 Å². The third kappa shape index (κ3) is 8.22. The van der Waals surface area contributed by atoms with Crippen molar-refractivity contribution in [2.24, 2.45) is 0 Å². The first kappa shape index (κ1) is 35.6. The van der Waals surface area contributed by atoms with Gasteiger partial charge in [0.15, 0.2) is 17.1 Å². The zero-order valence-corrected chi connectivity index (χ0v) is 30.2. The molecule has 0 aliphatic heterocycles. The maximum atomic E-state index is 13.0. The lowest BCUT2D eigenvalue weighted by Gasteiger charge is -2.29. The van der Waals surface area contributed by atoms with E-state index in [0.717, 1.165) is 25.2 Å². The molecule has 10 heteroatoms. The number of ketones is 1. The summed E-state index contributed by atoms with van der Waals surface area (Å²) in [5.41, 5.74) is -1.68. The highest BCUT2D eigenvalue weighted by Gasteiger charge is 2.29. The van der Waals surface area contributed by atoms with Crippen molar-refractivity contribution in [1.82, 2.24) is 0 Å². The normalized spacial score (nSPS) is 12.9. The second-order valence-electron chi connectivity index (χ2n) is 13.3. The number of unbranched alkanes of at least 4 members (excludes halogenated alkanes) is 1. The van der Waals surface area contributed by atoms with Gasteiger partial charge in [0.1, 0.15) is 30.3 Å². The SMILES string of the molecule is CC(C)(CCCCOC(C)(C)C(=O)COc1ccc2c(=O)c3ccccc3sc2c1)OC(O)COc1ccc2c(=O)c3ccccc3sc2c1. The maximum absolute atomic E-state index is 13.0. The molecule has 2 aromatic heterocycles. The number of aliphatic hydroxyl groups is 1. The lowest BCUT2D eigenvalue weighted by atomic mass is 10.0. The Morgan fingerprint density at radius 3 is 1.80 bits per heavy atom. The largest absolute Gasteiger partial charge is 0.488 e. The highest BCUT2D eigenvalue weighted by atomic mass is 32.1. The minimum atomic E-state index is -1.14. The minimum absolute atomic E-state index is 0.00612. The van der Waals surface area contributed by atoms with E-state index in [1.54, 1.807) is 44.2 Å². The van der Waals surface area contributed by atoms with E-state index in [-0.39, 0.29) is 29.9 Å². The number of hydrogen-bond donors (Lipinski definition) is 1. The minimum Gasteiger partial charge on any atom is -0.488 e. The summed E-state index contributed by atoms with van der Waals surface area (Å²) < 4.78 is 26.9. The summed E-state index contributed by atoms with van der Waals surface area (Å²) in [7, 11) is 0. The molecule has 0 spiro atoms. The molecule has 6 rings (SSSR count). The van der Waals surface area contributed by atoms with E-state index in [9.17, 15) is 19.5 Å². The number of benzene rings is 4. The van der Waals surface area contributed by atoms with E-state index in [4.69, 9.17) is 18.9 Å². The van der Waals surface area contributed by atoms with Crippen LogP contribution in [0.15, 0.2) is 94.5 Å². The van der Waals surface area contributed by atoms with Gasteiger partial charge in [-0.2, -0.15) is 0 Å². The molecule has 4 aromatic carbocycles. The van der Waals surface area contributed by atoms with Gasteiger partial charge in [0.05, 0.1) is 5.60 Å². The number of carbonyl (C=O) groups excluding carboxylic acids is 1. The van der Waals surface area contributed by atoms with Crippen molar-refractivity contribution in [3.05, 3.63) is 105 Å². The number of aliphatic hydroxyl groups excluding tert-OH is 1. The van der Waals surface area contributed by atoms with Gasteiger partial charge in [0, 0.05) is 47.0 Å². The topological polar surface area (TPSA) is 108 Å². The number of fused-ring (bicyclic) bond motifs is 4. The highest BCUT2D eigenvalue weighted by molar-refractivity contribution is 7.25. The Morgan fingerprint density at radius 2 is 1.22 bits per heavy atom. The summed E-state index contributed by atoms with van der Waals surface area (Å²) in [5.74, 6) is 0.879. The Kier molecular flexibility index (Phi) is 10.7. The van der Waals surface area contributed by atoms with Crippen molar-refractivity contribution in [2.45, 2.75) is 64.4 Å². The second-order valence-corrected chi connectivity index (χ2v) is 15.5. The molecule has 0 aliphatic carbocycles. The molecule has 0 saturated heterocycles. The Labute approximate surface area is 297 Å². The Bertz CT molecular complexity index is 2290. The summed E-state index contributed by atoms with van der Waals surface area (Å²) in [5, 5.41) is 13.2. The fraction of sp³-hybridized carbons (Fsp3) is 0.325. The van der Waals surface area contributed by atoms with Crippen LogP contribution in [-0.4, -0.2) is 48.2 Å². The van der Waals surface area contributed by atoms with Gasteiger partial charge in [0.25, 0.3) is 0 Å². The fourth-order valence-corrected chi connectivity index (χ4v) is 7.95. The van der Waals surface area contributed by atoms with Crippen LogP contribution in [0.25, 0.3) is 40.3 Å². The first-order chi connectivity index (χ1) is 23.9. The van der Waals surface area contributed by atoms with Gasteiger partial charge in [-0.3, -0.25) is 14.4 Å². The number of ether oxygens (including phenoxy) is 4. The molecular formula is C40H40O8S2. The van der Waals surface area contributed by atoms with E-state index in [1.807, 2.05) is 68.4 Å². The van der Waals surface area contributed by atoms with E-state index >= 15 is 0 Å². The third-order valence-corrected chi connectivity index (χ3v) is 10.9. The Balaban J connectivity index is 0.924. The van der Waals surface area contributed by atoms with E-state index in [1.165, 1.54) is 22.7 Å². The number of hydrogen-bond acceptors (Lipinski definition) is 10. The van der Waals surface area contributed by atoms with Gasteiger partial charge in [0.2, 0.25) is 5.78 Å². The van der Waals surface area contributed by atoms with Crippen molar-refractivity contribution >= 4 is 68.8 Å². The van der Waals surface area contributed by atoms with Crippen LogP contribution in [0.1, 0.15) is 47.0 Å². The van der Waals surface area contributed by atoms with Crippen LogP contribution < -0.4 is 20.3 Å². The van der Waals surface area contributed by atoms with Crippen molar-refractivity contribution in [3.8, 4) is 11.5 Å². The average Bonchev–Trinajstić information content (AvgIpc) is 3.09. The van der Waals surface area contributed by atoms with Crippen molar-refractivity contribution in [1.29, 1.82) is 0 Å². The third-order valence-electron chi connectivity index (χ3n) is 8.62. The molecule has 1 atom stereocenters. The standard InChI is InChI=1S/C40H40O8S2/c1-39(2,48-36(42)24-46-26-16-18-30-34(22-26)50-32-14-8-6-12-28(32)38(30)44)19-9-10-20-47-40(3,4)35(41)23-45-25-15-17-29-33(21-25)49-31-13-7-5-11-27(31)37(29)43/h5-8,11-18,21-22,36,42H,9-10,19-20,23-24H2,1-4H3.